The number of nitrogens with one attached hydrogen (secondary N) is 1. The second-order valence-corrected chi connectivity index (χ2v) is 14.2. The van der Waals surface area contributed by atoms with E-state index < -0.39 is 0 Å². The monoisotopic (exact) mass is 667 g/mol. The molecule has 1 amide bonds. The van der Waals surface area contributed by atoms with Gasteiger partial charge in [-0.3, -0.25) is 14.4 Å². The van der Waals surface area contributed by atoms with Crippen molar-refractivity contribution in [1.82, 2.24) is 25.0 Å². The molecule has 1 saturated heterocycles. The third-order valence-electron chi connectivity index (χ3n) is 11.0. The molecule has 256 valence electrons. The summed E-state index contributed by atoms with van der Waals surface area (Å²) in [5.41, 5.74) is 14.5. The van der Waals surface area contributed by atoms with E-state index in [1.807, 2.05) is 19.3 Å². The number of benzene rings is 3. The largest absolute Gasteiger partial charge is 0.383 e. The molecule has 1 spiro atoms. The van der Waals surface area contributed by atoms with E-state index in [4.69, 9.17) is 10.5 Å². The smallest absolute Gasteiger partial charge is 0.255 e. The number of nitrogens with zero attached hydrogens (tertiary/aromatic N) is 5. The molecule has 3 heterocycles. The Labute approximate surface area is 294 Å². The predicted molar refractivity (Wildman–Crippen MR) is 197 cm³/mol. The third kappa shape index (κ3) is 6.75. The van der Waals surface area contributed by atoms with Gasteiger partial charge in [0, 0.05) is 80.4 Å². The molecule has 8 rings (SSSR count). The highest BCUT2D eigenvalue weighted by Crippen LogP contribution is 2.59. The number of para-hydroxylation sites is 1. The molecule has 3 atom stereocenters. The molecule has 0 radical (unpaired) electrons. The second-order valence-electron chi connectivity index (χ2n) is 14.2. The minimum Gasteiger partial charge on any atom is -0.383 e. The van der Waals surface area contributed by atoms with Crippen LogP contribution in [0.4, 0.5) is 11.5 Å². The number of piperazine rings is 1. The Morgan fingerprint density at radius 1 is 0.900 bits per heavy atom. The fourth-order valence-electron chi connectivity index (χ4n) is 7.93. The van der Waals surface area contributed by atoms with Crippen LogP contribution in [0.1, 0.15) is 47.2 Å². The lowest BCUT2D eigenvalue weighted by Gasteiger charge is -2.36. The maximum Gasteiger partial charge on any atom is 0.255 e. The van der Waals surface area contributed by atoms with Gasteiger partial charge in [-0.1, -0.05) is 73.2 Å². The molecule has 50 heavy (non-hydrogen) atoms. The summed E-state index contributed by atoms with van der Waals surface area (Å²) in [6.07, 6.45) is 9.53. The average Bonchev–Trinajstić information content (AvgIpc) is 3.43. The first kappa shape index (κ1) is 32.2. The van der Waals surface area contributed by atoms with Crippen LogP contribution >= 0.6 is 0 Å². The SMILES string of the molecule is Cn1cc(-c2cnc(N)c(C(=O)NC3CCCC34CC4OCc3ccc(-c4ccc(CN5CCN(c6ccccc6)CC5)cc4)cc3)c2)cn1. The molecule has 3 fully saturated rings. The Hall–Kier alpha value is -4.99. The number of carbonyl (C=O) groups is 1. The van der Waals surface area contributed by atoms with Crippen molar-refractivity contribution in [3.63, 3.8) is 0 Å². The fourth-order valence-corrected chi connectivity index (χ4v) is 7.93. The van der Waals surface area contributed by atoms with Crippen molar-refractivity contribution in [3.05, 3.63) is 120 Å². The number of anilines is 2. The average molecular weight is 668 g/mol. The number of nitrogens with two attached hydrogens (primary N) is 1. The Kier molecular flexibility index (Phi) is 8.85. The molecule has 9 nitrogen and oxygen atoms in total. The first-order valence-electron chi connectivity index (χ1n) is 17.8. The van der Waals surface area contributed by atoms with Crippen molar-refractivity contribution in [2.45, 2.75) is 51.0 Å². The van der Waals surface area contributed by atoms with E-state index in [2.05, 4.69) is 104 Å². The Bertz CT molecular complexity index is 1930. The normalized spacial score (nSPS) is 21.8. The zero-order valence-corrected chi connectivity index (χ0v) is 28.7. The summed E-state index contributed by atoms with van der Waals surface area (Å²) in [5, 5.41) is 7.53. The minimum atomic E-state index is -0.178. The molecule has 9 heteroatoms. The summed E-state index contributed by atoms with van der Waals surface area (Å²) >= 11 is 0. The van der Waals surface area contributed by atoms with Gasteiger partial charge in [-0.2, -0.15) is 5.10 Å². The number of ether oxygens (including phenoxy) is 1. The number of amides is 1. The van der Waals surface area contributed by atoms with Crippen molar-refractivity contribution in [3.8, 4) is 22.3 Å². The summed E-state index contributed by atoms with van der Waals surface area (Å²) in [4.78, 5) is 22.8. The number of carbonyl (C=O) groups excluding carboxylic acids is 1. The summed E-state index contributed by atoms with van der Waals surface area (Å²) in [6, 6.07) is 30.3. The molecule has 2 aliphatic carbocycles. The summed E-state index contributed by atoms with van der Waals surface area (Å²) in [5.74, 6) is 0.0570. The van der Waals surface area contributed by atoms with Gasteiger partial charge in [-0.05, 0) is 59.7 Å². The van der Waals surface area contributed by atoms with E-state index in [9.17, 15) is 4.79 Å². The number of aryl methyl sites for hydroxylation is 1. The highest BCUT2D eigenvalue weighted by Gasteiger charge is 2.62. The van der Waals surface area contributed by atoms with Gasteiger partial charge in [0.2, 0.25) is 0 Å². The maximum atomic E-state index is 13.4. The quantitative estimate of drug-likeness (QED) is 0.180. The van der Waals surface area contributed by atoms with Gasteiger partial charge in [-0.25, -0.2) is 4.98 Å². The van der Waals surface area contributed by atoms with Gasteiger partial charge in [-0.15, -0.1) is 0 Å². The first-order chi connectivity index (χ1) is 24.4. The van der Waals surface area contributed by atoms with Gasteiger partial charge < -0.3 is 20.7 Å². The number of pyridine rings is 1. The van der Waals surface area contributed by atoms with Crippen LogP contribution in [0.15, 0.2) is 104 Å². The third-order valence-corrected chi connectivity index (χ3v) is 11.0. The second kappa shape index (κ2) is 13.7. The standard InChI is InChI=1S/C41H45N7O2/c1-46-27-34(25-44-46)33-22-36(39(42)43-24-33)40(49)45-37-8-5-17-41(37)23-38(41)50-28-30-11-15-32(16-12-30)31-13-9-29(10-14-31)26-47-18-20-48(21-19-47)35-6-3-2-4-7-35/h2-4,6-7,9-16,22,24-25,27,37-38H,5,8,17-21,23,26,28H2,1H3,(H2,42,43)(H,45,49). The van der Waals surface area contributed by atoms with Gasteiger partial charge in [0.15, 0.2) is 0 Å². The highest BCUT2D eigenvalue weighted by molar-refractivity contribution is 5.99. The van der Waals surface area contributed by atoms with Gasteiger partial charge in [0.1, 0.15) is 5.82 Å². The molecule has 2 saturated carbocycles. The van der Waals surface area contributed by atoms with Gasteiger partial charge >= 0.3 is 0 Å². The van der Waals surface area contributed by atoms with Gasteiger partial charge in [0.05, 0.1) is 24.5 Å². The lowest BCUT2D eigenvalue weighted by molar-refractivity contribution is 0.0682. The Balaban J connectivity index is 0.822. The van der Waals surface area contributed by atoms with Crippen LogP contribution in [0.2, 0.25) is 0 Å². The van der Waals surface area contributed by atoms with Crippen LogP contribution < -0.4 is 16.0 Å². The molecule has 3 unspecified atom stereocenters. The van der Waals surface area contributed by atoms with Crippen LogP contribution in [0.25, 0.3) is 22.3 Å². The van der Waals surface area contributed by atoms with E-state index in [1.165, 1.54) is 22.4 Å². The van der Waals surface area contributed by atoms with E-state index in [1.54, 1.807) is 17.1 Å². The lowest BCUT2D eigenvalue weighted by atomic mass is 9.99. The van der Waals surface area contributed by atoms with Crippen molar-refractivity contribution in [2.24, 2.45) is 12.5 Å². The minimum absolute atomic E-state index is 0.00400. The summed E-state index contributed by atoms with van der Waals surface area (Å²) < 4.78 is 8.18. The molecule has 3 aliphatic rings. The molecule has 3 aromatic carbocycles. The van der Waals surface area contributed by atoms with Crippen LogP contribution in [0, 0.1) is 5.41 Å². The molecule has 3 N–H and O–H groups in total. The van der Waals surface area contributed by atoms with Crippen LogP contribution in [-0.4, -0.2) is 63.9 Å². The maximum absolute atomic E-state index is 13.4. The topological polar surface area (TPSA) is 102 Å². The predicted octanol–water partition coefficient (Wildman–Crippen LogP) is 6.31. The zero-order chi connectivity index (χ0) is 34.1. The molecular formula is C41H45N7O2. The number of nitrogen functional groups attached to an aromatic ring is 1. The number of hydrogen-bond acceptors (Lipinski definition) is 7. The molecule has 2 aromatic heterocycles. The summed E-state index contributed by atoms with van der Waals surface area (Å²) in [6.45, 7) is 5.82. The molecule has 0 bridgehead atoms. The molecule has 1 aliphatic heterocycles. The van der Waals surface area contributed by atoms with Crippen LogP contribution in [0.3, 0.4) is 0 Å². The van der Waals surface area contributed by atoms with Crippen molar-refractivity contribution >= 4 is 17.4 Å². The number of aromatic nitrogens is 3. The van der Waals surface area contributed by atoms with E-state index in [0.29, 0.717) is 12.2 Å². The Morgan fingerprint density at radius 3 is 2.32 bits per heavy atom. The van der Waals surface area contributed by atoms with E-state index >= 15 is 0 Å². The highest BCUT2D eigenvalue weighted by atomic mass is 16.5. The first-order valence-corrected chi connectivity index (χ1v) is 17.8. The van der Waals surface area contributed by atoms with E-state index in [-0.39, 0.29) is 29.3 Å². The van der Waals surface area contributed by atoms with Crippen LogP contribution in [-0.2, 0) is 24.9 Å². The zero-order valence-electron chi connectivity index (χ0n) is 28.7. The van der Waals surface area contributed by atoms with E-state index in [0.717, 1.165) is 75.1 Å². The summed E-state index contributed by atoms with van der Waals surface area (Å²) in [7, 11) is 1.86. The number of hydrogen-bond donors (Lipinski definition) is 2. The van der Waals surface area contributed by atoms with Crippen molar-refractivity contribution < 1.29 is 9.53 Å². The Morgan fingerprint density at radius 2 is 1.62 bits per heavy atom. The van der Waals surface area contributed by atoms with Crippen molar-refractivity contribution in [2.75, 3.05) is 36.8 Å². The molecule has 5 aromatic rings. The van der Waals surface area contributed by atoms with Gasteiger partial charge in [0.25, 0.3) is 5.91 Å². The molecular weight excluding hydrogens is 622 g/mol. The van der Waals surface area contributed by atoms with Crippen LogP contribution in [0.5, 0.6) is 0 Å². The fraction of sp³-hybridized carbons (Fsp3) is 0.341. The lowest BCUT2D eigenvalue weighted by Crippen LogP contribution is -2.45. The number of rotatable bonds is 10. The van der Waals surface area contributed by atoms with Crippen molar-refractivity contribution in [1.29, 1.82) is 0 Å².